The van der Waals surface area contributed by atoms with Crippen molar-refractivity contribution in [3.05, 3.63) is 104 Å². The molecule has 2 aliphatic heterocycles. The monoisotopic (exact) mass is 624 g/mol. The molecule has 0 N–H and O–H groups in total. The Morgan fingerprint density at radius 2 is 0.971 bits per heavy atom. The molecule has 0 bridgehead atoms. The van der Waals surface area contributed by atoms with E-state index in [1.165, 1.54) is 56.1 Å². The van der Waals surface area contributed by atoms with Crippen LogP contribution in [0.25, 0.3) is 22.3 Å². The second-order valence-electron chi connectivity index (χ2n) is 8.11. The normalized spacial score (nSPS) is 15.5. The lowest BCUT2D eigenvalue weighted by Gasteiger charge is -2.16. The molecule has 0 atom stereocenters. The molecule has 2 aliphatic rings. The molecule has 0 saturated carbocycles. The van der Waals surface area contributed by atoms with Crippen molar-refractivity contribution in [2.24, 2.45) is 0 Å². The summed E-state index contributed by atoms with van der Waals surface area (Å²) < 4.78 is 1.94. The molecule has 172 valence electrons. The molecule has 0 fully saturated rings. The second-order valence-corrected chi connectivity index (χ2v) is 16.0. The van der Waals surface area contributed by atoms with Gasteiger partial charge in [0.15, 0.2) is 0 Å². The predicted molar refractivity (Wildman–Crippen MR) is 163 cm³/mol. The van der Waals surface area contributed by atoms with Gasteiger partial charge in [-0.3, -0.25) is 0 Å². The average molecular weight is 626 g/mol. The Morgan fingerprint density at radius 1 is 0.514 bits per heavy atom. The van der Waals surface area contributed by atoms with Gasteiger partial charge in [-0.1, -0.05) is 54.6 Å². The number of hydrogen-bond donors (Lipinski definition) is 0. The fraction of sp³-hybridized carbons (Fsp3) is 0.0714. The van der Waals surface area contributed by atoms with Gasteiger partial charge in [0.2, 0.25) is 0 Å². The Bertz CT molecular complexity index is 1490. The molecule has 0 saturated heterocycles. The van der Waals surface area contributed by atoms with Gasteiger partial charge in [0.25, 0.3) is 0 Å². The van der Waals surface area contributed by atoms with Crippen molar-refractivity contribution in [1.29, 1.82) is 0 Å². The summed E-state index contributed by atoms with van der Waals surface area (Å²) in [6.07, 6.45) is 0. The summed E-state index contributed by atoms with van der Waals surface area (Å²) in [5.41, 5.74) is 5.41. The molecule has 0 nitrogen and oxygen atoms in total. The largest absolute Gasteiger partial charge is 0.145 e. The van der Waals surface area contributed by atoms with E-state index in [9.17, 15) is 0 Å². The fourth-order valence-electron chi connectivity index (χ4n) is 4.41. The van der Waals surface area contributed by atoms with Crippen LogP contribution in [0.5, 0.6) is 0 Å². The Hall–Kier alpha value is -1.06. The van der Waals surface area contributed by atoms with Crippen molar-refractivity contribution in [1.82, 2.24) is 0 Å². The van der Waals surface area contributed by atoms with Gasteiger partial charge in [-0.15, -0.1) is 69.7 Å². The van der Waals surface area contributed by atoms with Crippen LogP contribution in [0.2, 0.25) is 0 Å². The van der Waals surface area contributed by atoms with Gasteiger partial charge in [-0.2, -0.15) is 0 Å². The third-order valence-corrected chi connectivity index (χ3v) is 15.3. The average Bonchev–Trinajstić information content (AvgIpc) is 3.67. The molecule has 2 aromatic heterocycles. The molecular weight excluding hydrogens is 609 g/mol. The lowest BCUT2D eigenvalue weighted by atomic mass is 9.97. The van der Waals surface area contributed by atoms with E-state index in [1.807, 2.05) is 69.7 Å². The summed E-state index contributed by atoms with van der Waals surface area (Å²) in [4.78, 5) is 8.48. The van der Waals surface area contributed by atoms with Crippen LogP contribution in [0.4, 0.5) is 0 Å². The summed E-state index contributed by atoms with van der Waals surface area (Å²) in [5, 5.41) is 4.66. The number of hydrogen-bond acceptors (Lipinski definition) is 6. The first-order chi connectivity index (χ1) is 17.3. The molecule has 5 aromatic rings. The van der Waals surface area contributed by atoms with Crippen LogP contribution in [0.1, 0.15) is 18.9 Å². The van der Waals surface area contributed by atoms with E-state index < -0.39 is 0 Å². The van der Waals surface area contributed by atoms with Gasteiger partial charge in [-0.25, -0.2) is 0 Å². The third-order valence-electron chi connectivity index (χ3n) is 5.99. The highest BCUT2D eigenvalue weighted by Gasteiger charge is 2.34. The minimum Gasteiger partial charge on any atom is -0.145 e. The van der Waals surface area contributed by atoms with E-state index in [0.29, 0.717) is 9.16 Å². The quantitative estimate of drug-likeness (QED) is 0.195. The predicted octanol–water partition coefficient (Wildman–Crippen LogP) is 11.7. The van der Waals surface area contributed by atoms with Crippen molar-refractivity contribution in [3.8, 4) is 22.3 Å². The van der Waals surface area contributed by atoms with Gasteiger partial charge < -0.3 is 0 Å². The summed E-state index contributed by atoms with van der Waals surface area (Å²) in [6, 6.07) is 28.5. The van der Waals surface area contributed by atoms with Crippen molar-refractivity contribution in [2.45, 2.75) is 28.7 Å². The topological polar surface area (TPSA) is 0 Å². The summed E-state index contributed by atoms with van der Waals surface area (Å²) >= 11 is 15.7. The van der Waals surface area contributed by atoms with Crippen LogP contribution in [0.15, 0.2) is 114 Å². The molecule has 0 unspecified atom stereocenters. The van der Waals surface area contributed by atoms with Crippen molar-refractivity contribution < 1.29 is 0 Å². The summed E-state index contributed by atoms with van der Waals surface area (Å²) in [6.45, 7) is 0. The maximum atomic E-state index is 3.98. The zero-order chi connectivity index (χ0) is 23.4. The number of halogens is 1. The van der Waals surface area contributed by atoms with Gasteiger partial charge >= 0.3 is 0 Å². The van der Waals surface area contributed by atoms with E-state index in [2.05, 4.69) is 106 Å². The zero-order valence-electron chi connectivity index (χ0n) is 18.1. The van der Waals surface area contributed by atoms with Gasteiger partial charge in [-0.05, 0) is 51.1 Å². The molecule has 3 aromatic carbocycles. The molecule has 0 amide bonds. The van der Waals surface area contributed by atoms with Crippen molar-refractivity contribution in [2.75, 3.05) is 0 Å². The first-order valence-corrected chi connectivity index (χ1v) is 17.1. The molecule has 0 radical (unpaired) electrons. The smallest absolute Gasteiger partial charge is 0.0944 e. The molecule has 7 heteroatoms. The Kier molecular flexibility index (Phi) is 6.38. The Morgan fingerprint density at radius 3 is 1.51 bits per heavy atom. The van der Waals surface area contributed by atoms with Gasteiger partial charge in [0, 0.05) is 55.9 Å². The van der Waals surface area contributed by atoms with Crippen LogP contribution in [-0.4, -0.2) is 0 Å². The van der Waals surface area contributed by atoms with Crippen molar-refractivity contribution in [3.63, 3.8) is 0 Å². The molecule has 35 heavy (non-hydrogen) atoms. The van der Waals surface area contributed by atoms with Crippen LogP contribution in [-0.2, 0) is 0 Å². The highest BCUT2D eigenvalue weighted by molar-refractivity contribution is 9.10. The number of benzene rings is 3. The number of thioether (sulfide) groups is 4. The summed E-state index contributed by atoms with van der Waals surface area (Å²) in [5.74, 6) is 0. The SMILES string of the molecule is Brc1csc(C2Sc3ccccc3S2)c1-c1c(-c2ccccc2)csc1C1Sc2ccccc2S1. The maximum absolute atomic E-state index is 3.98. The van der Waals surface area contributed by atoms with Gasteiger partial charge in [0.05, 0.1) is 9.16 Å². The summed E-state index contributed by atoms with van der Waals surface area (Å²) in [7, 11) is 0. The van der Waals surface area contributed by atoms with Crippen LogP contribution < -0.4 is 0 Å². The highest BCUT2D eigenvalue weighted by atomic mass is 79.9. The molecule has 0 spiro atoms. The molecule has 7 rings (SSSR count). The molecule has 4 heterocycles. The standard InChI is InChI=1S/C28H17BrS6/c29-18-15-31-26(28-34-21-12-6-7-13-22(21)35-28)24(18)23-17(16-8-2-1-3-9-16)14-30-25(23)27-32-19-10-4-5-11-20(19)33-27/h1-15,27-28H. The van der Waals surface area contributed by atoms with Gasteiger partial charge in [0.1, 0.15) is 0 Å². The maximum Gasteiger partial charge on any atom is 0.0944 e. The minimum absolute atomic E-state index is 0.366. The Balaban J connectivity index is 1.37. The Labute approximate surface area is 238 Å². The first-order valence-electron chi connectivity index (χ1n) is 11.0. The van der Waals surface area contributed by atoms with E-state index >= 15 is 0 Å². The lowest BCUT2D eigenvalue weighted by molar-refractivity contribution is 1.27. The van der Waals surface area contributed by atoms with E-state index in [1.54, 1.807) is 0 Å². The van der Waals surface area contributed by atoms with Crippen molar-refractivity contribution >= 4 is 85.7 Å². The first kappa shape index (κ1) is 23.1. The number of fused-ring (bicyclic) bond motifs is 2. The second kappa shape index (κ2) is 9.67. The molecular formula is C28H17BrS6. The number of rotatable bonds is 4. The van der Waals surface area contributed by atoms with Crippen LogP contribution in [0, 0.1) is 0 Å². The van der Waals surface area contributed by atoms with Crippen LogP contribution in [0.3, 0.4) is 0 Å². The third kappa shape index (κ3) is 4.17. The fourth-order valence-corrected chi connectivity index (χ4v) is 13.6. The number of thiophene rings is 2. The zero-order valence-corrected chi connectivity index (χ0v) is 24.6. The van der Waals surface area contributed by atoms with Crippen LogP contribution >= 0.6 is 85.7 Å². The van der Waals surface area contributed by atoms with E-state index in [-0.39, 0.29) is 0 Å². The van der Waals surface area contributed by atoms with E-state index in [0.717, 1.165) is 0 Å². The lowest BCUT2D eigenvalue weighted by Crippen LogP contribution is -1.92. The minimum atomic E-state index is 0.366. The highest BCUT2D eigenvalue weighted by Crippen LogP contribution is 2.64. The van der Waals surface area contributed by atoms with E-state index in [4.69, 9.17) is 0 Å². The molecule has 0 aliphatic carbocycles.